The molecule has 1 nitrogen and oxygen atoms in total. The minimum absolute atomic E-state index is 0.391. The van der Waals surface area contributed by atoms with Crippen LogP contribution in [0.2, 0.25) is 0 Å². The number of rotatable bonds is 0. The van der Waals surface area contributed by atoms with Gasteiger partial charge in [0.25, 0.3) is 0 Å². The van der Waals surface area contributed by atoms with Crippen molar-refractivity contribution in [3.05, 3.63) is 70.8 Å². The Morgan fingerprint density at radius 1 is 1.00 bits per heavy atom. The molecule has 0 aromatic heterocycles. The van der Waals surface area contributed by atoms with Crippen LogP contribution in [0.3, 0.4) is 0 Å². The molecule has 1 N–H and O–H groups in total. The molecule has 77 valence electrons. The van der Waals surface area contributed by atoms with Gasteiger partial charge in [-0.25, -0.2) is 0 Å². The molecule has 1 heteroatoms. The number of nitrogens with one attached hydrogen (secondary N) is 1. The summed E-state index contributed by atoms with van der Waals surface area (Å²) in [5.74, 6) is 0. The first kappa shape index (κ1) is 8.54. The molecule has 2 aromatic rings. The lowest BCUT2D eigenvalue weighted by Crippen LogP contribution is -2.26. The summed E-state index contributed by atoms with van der Waals surface area (Å²) in [7, 11) is 0. The molecule has 0 fully saturated rings. The van der Waals surface area contributed by atoms with Crippen molar-refractivity contribution in [1.82, 2.24) is 5.32 Å². The van der Waals surface area contributed by atoms with Gasteiger partial charge < -0.3 is 0 Å². The highest BCUT2D eigenvalue weighted by Gasteiger charge is 2.36. The van der Waals surface area contributed by atoms with Crippen LogP contribution < -0.4 is 5.32 Å². The van der Waals surface area contributed by atoms with E-state index in [1.54, 1.807) is 0 Å². The van der Waals surface area contributed by atoms with Crippen molar-refractivity contribution < 1.29 is 0 Å². The molecule has 2 unspecified atom stereocenters. The molecule has 0 amide bonds. The zero-order valence-electron chi connectivity index (χ0n) is 8.90. The average Bonchev–Trinajstić information content (AvgIpc) is 2.65. The molecule has 2 aliphatic rings. The molecule has 0 spiro atoms. The second kappa shape index (κ2) is 2.96. The average molecular weight is 206 g/mol. The van der Waals surface area contributed by atoms with E-state index in [4.69, 9.17) is 0 Å². The molecule has 1 radical (unpaired) electrons. The second-order valence-electron chi connectivity index (χ2n) is 4.59. The van der Waals surface area contributed by atoms with Gasteiger partial charge in [0.2, 0.25) is 0 Å². The Kier molecular flexibility index (Phi) is 1.58. The van der Waals surface area contributed by atoms with Crippen molar-refractivity contribution in [2.24, 2.45) is 0 Å². The molecule has 2 aliphatic heterocycles. The third-order valence-electron chi connectivity index (χ3n) is 3.75. The fraction of sp³-hybridized carbons (Fsp3) is 0.200. The molecular weight excluding hydrogens is 194 g/mol. The maximum atomic E-state index is 3.69. The van der Waals surface area contributed by atoms with Crippen LogP contribution in [-0.2, 0) is 6.42 Å². The van der Waals surface area contributed by atoms with Crippen LogP contribution in [0.4, 0.5) is 0 Å². The lowest BCUT2D eigenvalue weighted by Gasteiger charge is -2.24. The highest BCUT2D eigenvalue weighted by Crippen LogP contribution is 2.43. The minimum atomic E-state index is 0.391. The van der Waals surface area contributed by atoms with Crippen LogP contribution in [0.25, 0.3) is 0 Å². The van der Waals surface area contributed by atoms with E-state index in [9.17, 15) is 0 Å². The monoisotopic (exact) mass is 206 g/mol. The van der Waals surface area contributed by atoms with E-state index < -0.39 is 0 Å². The zero-order chi connectivity index (χ0) is 10.5. The summed E-state index contributed by atoms with van der Waals surface area (Å²) < 4.78 is 0. The van der Waals surface area contributed by atoms with Crippen LogP contribution in [0.15, 0.2) is 42.5 Å². The second-order valence-corrected chi connectivity index (χ2v) is 4.59. The van der Waals surface area contributed by atoms with Gasteiger partial charge in [0.15, 0.2) is 0 Å². The Bertz CT molecular complexity index is 548. The summed E-state index contributed by atoms with van der Waals surface area (Å²) in [5, 5.41) is 3.69. The SMILES string of the molecule is [c]1cccc2c1CC1NC2c2ccccc21. The molecule has 2 atom stereocenters. The van der Waals surface area contributed by atoms with Gasteiger partial charge in [-0.15, -0.1) is 0 Å². The topological polar surface area (TPSA) is 12.0 Å². The predicted molar refractivity (Wildman–Crippen MR) is 63.1 cm³/mol. The maximum absolute atomic E-state index is 3.69. The summed E-state index contributed by atoms with van der Waals surface area (Å²) in [6.07, 6.45) is 1.07. The maximum Gasteiger partial charge on any atom is 0.0587 e. The number of hydrogen-bond donors (Lipinski definition) is 1. The van der Waals surface area contributed by atoms with Crippen LogP contribution in [0.5, 0.6) is 0 Å². The third kappa shape index (κ3) is 0.987. The third-order valence-corrected chi connectivity index (χ3v) is 3.75. The van der Waals surface area contributed by atoms with E-state index in [-0.39, 0.29) is 0 Å². The number of fused-ring (bicyclic) bond motifs is 7. The Balaban J connectivity index is 1.98. The molecule has 0 aliphatic carbocycles. The fourth-order valence-electron chi connectivity index (χ4n) is 3.03. The number of hydrogen-bond acceptors (Lipinski definition) is 1. The first-order chi connectivity index (χ1) is 7.93. The van der Waals surface area contributed by atoms with Gasteiger partial charge >= 0.3 is 0 Å². The summed E-state index contributed by atoms with van der Waals surface area (Å²) in [6, 6.07) is 19.4. The first-order valence-corrected chi connectivity index (χ1v) is 5.78. The Morgan fingerprint density at radius 3 is 2.75 bits per heavy atom. The summed E-state index contributed by atoms with van der Waals surface area (Å²) >= 11 is 0. The molecule has 2 heterocycles. The smallest absolute Gasteiger partial charge is 0.0587 e. The van der Waals surface area contributed by atoms with E-state index in [1.165, 1.54) is 22.3 Å². The van der Waals surface area contributed by atoms with Crippen molar-refractivity contribution in [2.75, 3.05) is 0 Å². The van der Waals surface area contributed by atoms with Crippen molar-refractivity contribution in [2.45, 2.75) is 18.5 Å². The van der Waals surface area contributed by atoms with Crippen LogP contribution >= 0.6 is 0 Å². The number of benzene rings is 2. The standard InChI is InChI=1S/C15H12N/c1-2-6-11-10(5-1)9-14-12-7-3-4-8-13(12)15(11)16-14/h1-4,6-8,14-16H,9H2. The van der Waals surface area contributed by atoms with Gasteiger partial charge in [0, 0.05) is 6.04 Å². The highest BCUT2D eigenvalue weighted by molar-refractivity contribution is 5.49. The van der Waals surface area contributed by atoms with Crippen molar-refractivity contribution >= 4 is 0 Å². The van der Waals surface area contributed by atoms with Crippen LogP contribution in [0, 0.1) is 6.07 Å². The van der Waals surface area contributed by atoms with E-state index in [0.717, 1.165) is 6.42 Å². The first-order valence-electron chi connectivity index (χ1n) is 5.78. The van der Waals surface area contributed by atoms with Crippen LogP contribution in [0.1, 0.15) is 34.3 Å². The van der Waals surface area contributed by atoms with Gasteiger partial charge in [-0.3, -0.25) is 5.32 Å². The van der Waals surface area contributed by atoms with Crippen molar-refractivity contribution in [3.8, 4) is 0 Å². The summed E-state index contributed by atoms with van der Waals surface area (Å²) in [5.41, 5.74) is 5.71. The fourth-order valence-corrected chi connectivity index (χ4v) is 3.03. The molecule has 0 saturated carbocycles. The molecular formula is C15H12N. The normalized spacial score (nSPS) is 25.0. The van der Waals surface area contributed by atoms with Gasteiger partial charge in [-0.05, 0) is 34.7 Å². The lowest BCUT2D eigenvalue weighted by atomic mass is 9.94. The molecule has 2 bridgehead atoms. The van der Waals surface area contributed by atoms with Crippen molar-refractivity contribution in [3.63, 3.8) is 0 Å². The lowest BCUT2D eigenvalue weighted by molar-refractivity contribution is 0.502. The van der Waals surface area contributed by atoms with E-state index in [2.05, 4.69) is 47.8 Å². The van der Waals surface area contributed by atoms with E-state index >= 15 is 0 Å². The minimum Gasteiger partial charge on any atom is -0.299 e. The Hall–Kier alpha value is -1.60. The summed E-state index contributed by atoms with van der Waals surface area (Å²) in [4.78, 5) is 0. The van der Waals surface area contributed by atoms with Gasteiger partial charge in [0.05, 0.1) is 6.04 Å². The van der Waals surface area contributed by atoms with E-state index in [1.807, 2.05) is 6.07 Å². The van der Waals surface area contributed by atoms with Gasteiger partial charge in [0.1, 0.15) is 0 Å². The Morgan fingerprint density at radius 2 is 1.81 bits per heavy atom. The summed E-state index contributed by atoms with van der Waals surface area (Å²) in [6.45, 7) is 0. The highest BCUT2D eigenvalue weighted by atomic mass is 15.0. The van der Waals surface area contributed by atoms with E-state index in [0.29, 0.717) is 12.1 Å². The molecule has 16 heavy (non-hydrogen) atoms. The predicted octanol–water partition coefficient (Wildman–Crippen LogP) is 2.78. The Labute approximate surface area is 95.1 Å². The van der Waals surface area contributed by atoms with Crippen molar-refractivity contribution in [1.29, 1.82) is 0 Å². The molecule has 4 rings (SSSR count). The van der Waals surface area contributed by atoms with Crippen LogP contribution in [-0.4, -0.2) is 0 Å². The van der Waals surface area contributed by atoms with Gasteiger partial charge in [-0.1, -0.05) is 42.5 Å². The molecule has 2 aromatic carbocycles. The largest absolute Gasteiger partial charge is 0.299 e. The molecule has 0 saturated heterocycles. The van der Waals surface area contributed by atoms with Gasteiger partial charge in [-0.2, -0.15) is 0 Å². The zero-order valence-corrected chi connectivity index (χ0v) is 8.90. The quantitative estimate of drug-likeness (QED) is 0.699.